The Balaban J connectivity index is 2.43. The lowest BCUT2D eigenvalue weighted by Gasteiger charge is -2.08. The number of phenols is 1. The van der Waals surface area contributed by atoms with E-state index in [2.05, 4.69) is 35.1 Å². The summed E-state index contributed by atoms with van der Waals surface area (Å²) in [6, 6.07) is 4.42. The van der Waals surface area contributed by atoms with Crippen molar-refractivity contribution in [2.24, 2.45) is 5.92 Å². The molecule has 20 heavy (non-hydrogen) atoms. The third kappa shape index (κ3) is 5.61. The number of phenolic OH excluding ortho intramolecular Hbond substituents is 1. The normalized spacial score (nSPS) is 10.4. The van der Waals surface area contributed by atoms with Crippen LogP contribution in [-0.4, -0.2) is 30.1 Å². The smallest absolute Gasteiger partial charge is 0.342 e. The van der Waals surface area contributed by atoms with Crippen LogP contribution in [0.25, 0.3) is 0 Å². The Morgan fingerprint density at radius 2 is 2.10 bits per heavy atom. The second-order valence-corrected chi connectivity index (χ2v) is 5.69. The Labute approximate surface area is 126 Å². The molecule has 110 valence electrons. The van der Waals surface area contributed by atoms with Gasteiger partial charge in [0.1, 0.15) is 11.3 Å². The molecule has 0 radical (unpaired) electrons. The molecule has 6 heteroatoms. The van der Waals surface area contributed by atoms with Crippen molar-refractivity contribution < 1.29 is 19.4 Å². The molecule has 0 aliphatic carbocycles. The van der Waals surface area contributed by atoms with Gasteiger partial charge in [-0.1, -0.05) is 29.8 Å². The van der Waals surface area contributed by atoms with Crippen LogP contribution in [0.15, 0.2) is 22.7 Å². The molecule has 5 nitrogen and oxygen atoms in total. The van der Waals surface area contributed by atoms with E-state index in [1.807, 2.05) is 0 Å². The van der Waals surface area contributed by atoms with Gasteiger partial charge in [0.15, 0.2) is 6.61 Å². The molecule has 0 spiro atoms. The number of hydrogen-bond donors (Lipinski definition) is 2. The average Bonchev–Trinajstić information content (AvgIpc) is 2.38. The summed E-state index contributed by atoms with van der Waals surface area (Å²) in [5.41, 5.74) is 0.0226. The summed E-state index contributed by atoms with van der Waals surface area (Å²) in [7, 11) is 0. The van der Waals surface area contributed by atoms with Crippen molar-refractivity contribution in [2.45, 2.75) is 20.3 Å². The highest BCUT2D eigenvalue weighted by atomic mass is 79.9. The number of carbonyl (C=O) groups excluding carboxylic acids is 2. The molecule has 0 bridgehead atoms. The van der Waals surface area contributed by atoms with Crippen molar-refractivity contribution in [3.05, 3.63) is 28.2 Å². The van der Waals surface area contributed by atoms with Gasteiger partial charge in [-0.05, 0) is 30.5 Å². The Hall–Kier alpha value is -1.56. The second kappa shape index (κ2) is 7.89. The topological polar surface area (TPSA) is 75.6 Å². The quantitative estimate of drug-likeness (QED) is 0.778. The van der Waals surface area contributed by atoms with Gasteiger partial charge < -0.3 is 15.2 Å². The lowest BCUT2D eigenvalue weighted by molar-refractivity contribution is -0.124. The monoisotopic (exact) mass is 343 g/mol. The SMILES string of the molecule is CC(C)CCNC(=O)COC(=O)c1cc(Br)ccc1O. The molecule has 0 aromatic heterocycles. The number of aromatic hydroxyl groups is 1. The number of benzene rings is 1. The van der Waals surface area contributed by atoms with Crippen LogP contribution in [0.1, 0.15) is 30.6 Å². The van der Waals surface area contributed by atoms with Crippen molar-refractivity contribution >= 4 is 27.8 Å². The average molecular weight is 344 g/mol. The van der Waals surface area contributed by atoms with Crippen LogP contribution in [0.3, 0.4) is 0 Å². The summed E-state index contributed by atoms with van der Waals surface area (Å²) in [6.07, 6.45) is 0.867. The number of rotatable bonds is 6. The molecule has 1 amide bonds. The molecule has 1 rings (SSSR count). The maximum Gasteiger partial charge on any atom is 0.342 e. The van der Waals surface area contributed by atoms with E-state index in [1.54, 1.807) is 6.07 Å². The number of amides is 1. The van der Waals surface area contributed by atoms with Crippen LogP contribution in [0.5, 0.6) is 5.75 Å². The lowest BCUT2D eigenvalue weighted by Crippen LogP contribution is -2.30. The van der Waals surface area contributed by atoms with Crippen molar-refractivity contribution in [1.29, 1.82) is 0 Å². The third-order valence-corrected chi connectivity index (χ3v) is 3.05. The van der Waals surface area contributed by atoms with Crippen molar-refractivity contribution in [1.82, 2.24) is 5.32 Å². The zero-order valence-electron chi connectivity index (χ0n) is 11.5. The maximum absolute atomic E-state index is 11.7. The van der Waals surface area contributed by atoms with E-state index < -0.39 is 5.97 Å². The van der Waals surface area contributed by atoms with Gasteiger partial charge in [0.25, 0.3) is 5.91 Å². The predicted molar refractivity (Wildman–Crippen MR) is 78.6 cm³/mol. The Morgan fingerprint density at radius 1 is 1.40 bits per heavy atom. The highest BCUT2D eigenvalue weighted by molar-refractivity contribution is 9.10. The first kappa shape index (κ1) is 16.5. The van der Waals surface area contributed by atoms with Gasteiger partial charge in [-0.25, -0.2) is 4.79 Å². The summed E-state index contributed by atoms with van der Waals surface area (Å²) in [4.78, 5) is 23.2. The fraction of sp³-hybridized carbons (Fsp3) is 0.429. The lowest BCUT2D eigenvalue weighted by atomic mass is 10.1. The second-order valence-electron chi connectivity index (χ2n) is 4.77. The largest absolute Gasteiger partial charge is 0.507 e. The first-order valence-corrected chi connectivity index (χ1v) is 7.11. The summed E-state index contributed by atoms with van der Waals surface area (Å²) in [5, 5.41) is 12.2. The number of ether oxygens (including phenoxy) is 1. The van der Waals surface area contributed by atoms with Gasteiger partial charge in [0.2, 0.25) is 0 Å². The summed E-state index contributed by atoms with van der Waals surface area (Å²) in [5.74, 6) is -0.772. The van der Waals surface area contributed by atoms with Crippen LogP contribution in [0, 0.1) is 5.92 Å². The van der Waals surface area contributed by atoms with E-state index in [-0.39, 0.29) is 23.8 Å². The molecule has 0 heterocycles. The van der Waals surface area contributed by atoms with E-state index in [1.165, 1.54) is 12.1 Å². The molecule has 1 aromatic carbocycles. The summed E-state index contributed by atoms with van der Waals surface area (Å²) in [6.45, 7) is 4.31. The Bertz CT molecular complexity index is 488. The van der Waals surface area contributed by atoms with Crippen LogP contribution in [0.2, 0.25) is 0 Å². The molecule has 0 saturated carbocycles. The molecular weight excluding hydrogens is 326 g/mol. The van der Waals surface area contributed by atoms with E-state index in [0.717, 1.165) is 6.42 Å². The van der Waals surface area contributed by atoms with Gasteiger partial charge in [0.05, 0.1) is 0 Å². The van der Waals surface area contributed by atoms with E-state index in [0.29, 0.717) is 16.9 Å². The van der Waals surface area contributed by atoms with Gasteiger partial charge in [-0.3, -0.25) is 4.79 Å². The van der Waals surface area contributed by atoms with Gasteiger partial charge in [-0.2, -0.15) is 0 Å². The van der Waals surface area contributed by atoms with Gasteiger partial charge >= 0.3 is 5.97 Å². The number of halogens is 1. The zero-order valence-corrected chi connectivity index (χ0v) is 13.1. The van der Waals surface area contributed by atoms with Gasteiger partial charge in [0, 0.05) is 11.0 Å². The molecule has 0 saturated heterocycles. The molecule has 0 fully saturated rings. The van der Waals surface area contributed by atoms with E-state index in [9.17, 15) is 14.7 Å². The van der Waals surface area contributed by atoms with Crippen molar-refractivity contribution in [3.8, 4) is 5.75 Å². The number of nitrogens with one attached hydrogen (secondary N) is 1. The molecule has 0 unspecified atom stereocenters. The molecule has 1 aromatic rings. The summed E-state index contributed by atoms with van der Waals surface area (Å²) >= 11 is 3.19. The standard InChI is InChI=1S/C14H18BrNO4/c1-9(2)5-6-16-13(18)8-20-14(19)11-7-10(15)3-4-12(11)17/h3-4,7,9,17H,5-6,8H2,1-2H3,(H,16,18). The van der Waals surface area contributed by atoms with Crippen molar-refractivity contribution in [3.63, 3.8) is 0 Å². The highest BCUT2D eigenvalue weighted by Crippen LogP contribution is 2.22. The summed E-state index contributed by atoms with van der Waals surface area (Å²) < 4.78 is 5.49. The fourth-order valence-corrected chi connectivity index (χ4v) is 1.79. The minimum absolute atomic E-state index is 0.0226. The van der Waals surface area contributed by atoms with Gasteiger partial charge in [-0.15, -0.1) is 0 Å². The number of carbonyl (C=O) groups is 2. The molecule has 0 atom stereocenters. The predicted octanol–water partition coefficient (Wildman–Crippen LogP) is 2.47. The first-order valence-electron chi connectivity index (χ1n) is 6.32. The van der Waals surface area contributed by atoms with E-state index >= 15 is 0 Å². The molecule has 2 N–H and O–H groups in total. The first-order chi connectivity index (χ1) is 9.40. The minimum Gasteiger partial charge on any atom is -0.507 e. The number of esters is 1. The molecule has 0 aliphatic heterocycles. The Kier molecular flexibility index (Phi) is 6.51. The highest BCUT2D eigenvalue weighted by Gasteiger charge is 2.14. The third-order valence-electron chi connectivity index (χ3n) is 2.56. The maximum atomic E-state index is 11.7. The van der Waals surface area contributed by atoms with Crippen LogP contribution in [-0.2, 0) is 9.53 Å². The van der Waals surface area contributed by atoms with Crippen LogP contribution in [0.4, 0.5) is 0 Å². The van der Waals surface area contributed by atoms with Crippen LogP contribution < -0.4 is 5.32 Å². The van der Waals surface area contributed by atoms with Crippen LogP contribution >= 0.6 is 15.9 Å². The molecular formula is C14H18BrNO4. The zero-order chi connectivity index (χ0) is 15.1. The van der Waals surface area contributed by atoms with Crippen molar-refractivity contribution in [2.75, 3.05) is 13.2 Å². The number of hydrogen-bond acceptors (Lipinski definition) is 4. The minimum atomic E-state index is -0.734. The fourth-order valence-electron chi connectivity index (χ4n) is 1.43. The molecule has 0 aliphatic rings. The Morgan fingerprint density at radius 3 is 2.75 bits per heavy atom. The van der Waals surface area contributed by atoms with E-state index in [4.69, 9.17) is 4.74 Å².